The van der Waals surface area contributed by atoms with E-state index >= 15 is 0 Å². The van der Waals surface area contributed by atoms with E-state index in [0.717, 1.165) is 30.5 Å². The van der Waals surface area contributed by atoms with Gasteiger partial charge >= 0.3 is 0 Å². The van der Waals surface area contributed by atoms with Gasteiger partial charge in [-0.05, 0) is 42.5 Å². The van der Waals surface area contributed by atoms with Crippen LogP contribution in [-0.4, -0.2) is 17.6 Å². The van der Waals surface area contributed by atoms with Crippen LogP contribution in [0.25, 0.3) is 0 Å². The molecule has 3 N–H and O–H groups in total. The Morgan fingerprint density at radius 2 is 2.10 bits per heavy atom. The van der Waals surface area contributed by atoms with Crippen LogP contribution in [0.15, 0.2) is 42.5 Å². The Morgan fingerprint density at radius 1 is 1.28 bits per heavy atom. The summed E-state index contributed by atoms with van der Waals surface area (Å²) in [6, 6.07) is 8.93. The number of carbonyl (C=O) groups is 1. The maximum Gasteiger partial charge on any atom is 0.253 e. The third-order valence-corrected chi connectivity index (χ3v) is 6.36. The number of phenols is 1. The van der Waals surface area contributed by atoms with Crippen molar-refractivity contribution in [2.24, 2.45) is 5.92 Å². The fourth-order valence-corrected chi connectivity index (χ4v) is 4.92. The molecule has 0 fully saturated rings. The molecule has 1 heterocycles. The first-order valence-corrected chi connectivity index (χ1v) is 10.8. The van der Waals surface area contributed by atoms with E-state index in [9.17, 15) is 9.90 Å². The molecule has 2 aromatic rings. The number of hydrogen-bond donors (Lipinski definition) is 3. The fourth-order valence-electron chi connectivity index (χ4n) is 4.42. The summed E-state index contributed by atoms with van der Waals surface area (Å²) in [6.45, 7) is 2.75. The second kappa shape index (κ2) is 8.29. The highest BCUT2D eigenvalue weighted by Gasteiger charge is 2.40. The number of fused-ring (bicyclic) bond motifs is 3. The summed E-state index contributed by atoms with van der Waals surface area (Å²) < 4.78 is 0. The van der Waals surface area contributed by atoms with Crippen molar-refractivity contribution in [2.75, 3.05) is 11.9 Å². The van der Waals surface area contributed by atoms with Gasteiger partial charge in [-0.25, -0.2) is 0 Å². The number of para-hydroxylation sites is 1. The predicted molar refractivity (Wildman–Crippen MR) is 118 cm³/mol. The number of unbranched alkanes of at least 4 members (excludes halogenated alkanes) is 1. The maximum atomic E-state index is 12.8. The van der Waals surface area contributed by atoms with Gasteiger partial charge in [-0.2, -0.15) is 0 Å². The number of halogens is 2. The Morgan fingerprint density at radius 3 is 2.90 bits per heavy atom. The number of benzene rings is 2. The van der Waals surface area contributed by atoms with Crippen LogP contribution in [0.3, 0.4) is 0 Å². The van der Waals surface area contributed by atoms with Crippen molar-refractivity contribution in [2.45, 2.75) is 38.1 Å². The standard InChI is InChI=1S/C23H24Cl2N2O2/c1-2-3-10-26-23(29)17-9-5-8-15-14-6-4-7-16(14)21(27-20(15)17)18-11-13(24)12-19(25)22(18)28/h4-6,8-9,11-12,14,16,21,27-28H,2-3,7,10H2,1H3,(H,26,29). The molecule has 2 aliphatic rings. The summed E-state index contributed by atoms with van der Waals surface area (Å²) in [4.78, 5) is 12.8. The lowest BCUT2D eigenvalue weighted by molar-refractivity contribution is 0.0953. The average molecular weight is 431 g/mol. The highest BCUT2D eigenvalue weighted by atomic mass is 35.5. The number of anilines is 1. The lowest BCUT2D eigenvalue weighted by Crippen LogP contribution is -2.32. The zero-order valence-electron chi connectivity index (χ0n) is 16.2. The van der Waals surface area contributed by atoms with E-state index in [-0.39, 0.29) is 34.6 Å². The number of allylic oxidation sites excluding steroid dienone is 2. The molecule has 3 atom stereocenters. The number of hydrogen-bond acceptors (Lipinski definition) is 3. The Bertz CT molecular complexity index is 974. The molecule has 0 radical (unpaired) electrons. The quantitative estimate of drug-likeness (QED) is 0.399. The van der Waals surface area contributed by atoms with E-state index in [4.69, 9.17) is 23.2 Å². The molecule has 152 valence electrons. The highest BCUT2D eigenvalue weighted by molar-refractivity contribution is 6.35. The van der Waals surface area contributed by atoms with E-state index in [0.29, 0.717) is 22.7 Å². The molecule has 6 heteroatoms. The number of phenolic OH excluding ortho intramolecular Hbond substituents is 1. The monoisotopic (exact) mass is 430 g/mol. The average Bonchev–Trinajstić information content (AvgIpc) is 3.20. The minimum absolute atomic E-state index is 0.0348. The van der Waals surface area contributed by atoms with Crippen molar-refractivity contribution < 1.29 is 9.90 Å². The van der Waals surface area contributed by atoms with Gasteiger partial charge < -0.3 is 15.7 Å². The van der Waals surface area contributed by atoms with Crippen LogP contribution in [-0.2, 0) is 0 Å². The Labute approximate surface area is 180 Å². The first-order valence-electron chi connectivity index (χ1n) is 10.0. The summed E-state index contributed by atoms with van der Waals surface area (Å²) in [7, 11) is 0. The third-order valence-electron chi connectivity index (χ3n) is 5.85. The lowest BCUT2D eigenvalue weighted by Gasteiger charge is -2.38. The van der Waals surface area contributed by atoms with Gasteiger partial charge in [-0.1, -0.05) is 60.8 Å². The molecule has 0 saturated heterocycles. The molecule has 4 nitrogen and oxygen atoms in total. The van der Waals surface area contributed by atoms with Gasteiger partial charge in [0.15, 0.2) is 0 Å². The van der Waals surface area contributed by atoms with Gasteiger partial charge in [0.25, 0.3) is 5.91 Å². The molecule has 1 aliphatic heterocycles. The summed E-state index contributed by atoms with van der Waals surface area (Å²) in [5, 5.41) is 17.9. The molecule has 0 spiro atoms. The zero-order chi connectivity index (χ0) is 20.5. The van der Waals surface area contributed by atoms with Crippen LogP contribution in [0.4, 0.5) is 5.69 Å². The Hall–Kier alpha value is -2.17. The minimum atomic E-state index is -0.205. The first kappa shape index (κ1) is 20.1. The summed E-state index contributed by atoms with van der Waals surface area (Å²) in [5.41, 5.74) is 3.20. The SMILES string of the molecule is CCCCNC(=O)c1cccc2c1NC(c1cc(Cl)cc(Cl)c1O)C1CC=CC21. The van der Waals surface area contributed by atoms with Gasteiger partial charge in [0.05, 0.1) is 22.3 Å². The molecule has 1 aliphatic carbocycles. The van der Waals surface area contributed by atoms with Crippen molar-refractivity contribution in [1.29, 1.82) is 0 Å². The van der Waals surface area contributed by atoms with Crippen LogP contribution >= 0.6 is 23.2 Å². The molecular weight excluding hydrogens is 407 g/mol. The van der Waals surface area contributed by atoms with Crippen molar-refractivity contribution in [3.8, 4) is 5.75 Å². The third kappa shape index (κ3) is 3.72. The molecule has 1 amide bonds. The van der Waals surface area contributed by atoms with E-state index in [1.165, 1.54) is 6.07 Å². The normalized spacial score (nSPS) is 22.0. The number of carbonyl (C=O) groups excluding carboxylic acids is 1. The number of nitrogens with one attached hydrogen (secondary N) is 2. The maximum absolute atomic E-state index is 12.8. The summed E-state index contributed by atoms with van der Waals surface area (Å²) in [5.74, 6) is 0.320. The van der Waals surface area contributed by atoms with Crippen LogP contribution in [0.1, 0.15) is 59.6 Å². The molecule has 3 unspecified atom stereocenters. The van der Waals surface area contributed by atoms with Gasteiger partial charge in [0.2, 0.25) is 0 Å². The van der Waals surface area contributed by atoms with Gasteiger partial charge in [-0.3, -0.25) is 4.79 Å². The van der Waals surface area contributed by atoms with Crippen LogP contribution in [0.2, 0.25) is 10.0 Å². The first-order chi connectivity index (χ1) is 14.0. The number of rotatable bonds is 5. The van der Waals surface area contributed by atoms with E-state index in [2.05, 4.69) is 35.8 Å². The summed E-state index contributed by atoms with van der Waals surface area (Å²) in [6.07, 6.45) is 7.20. The highest BCUT2D eigenvalue weighted by Crippen LogP contribution is 2.52. The van der Waals surface area contributed by atoms with Crippen LogP contribution in [0.5, 0.6) is 5.75 Å². The topological polar surface area (TPSA) is 61.4 Å². The molecule has 0 saturated carbocycles. The van der Waals surface area contributed by atoms with E-state index < -0.39 is 0 Å². The zero-order valence-corrected chi connectivity index (χ0v) is 17.7. The largest absolute Gasteiger partial charge is 0.506 e. The molecule has 2 aromatic carbocycles. The molecule has 0 bridgehead atoms. The van der Waals surface area contributed by atoms with Crippen molar-refractivity contribution in [1.82, 2.24) is 5.32 Å². The number of aromatic hydroxyl groups is 1. The predicted octanol–water partition coefficient (Wildman–Crippen LogP) is 6.06. The van der Waals surface area contributed by atoms with Crippen molar-refractivity contribution >= 4 is 34.8 Å². The fraction of sp³-hybridized carbons (Fsp3) is 0.348. The van der Waals surface area contributed by atoms with E-state index in [1.54, 1.807) is 6.07 Å². The van der Waals surface area contributed by atoms with Crippen LogP contribution in [0, 0.1) is 5.92 Å². The van der Waals surface area contributed by atoms with Crippen LogP contribution < -0.4 is 10.6 Å². The van der Waals surface area contributed by atoms with Gasteiger partial charge in [0.1, 0.15) is 5.75 Å². The van der Waals surface area contributed by atoms with Gasteiger partial charge in [0, 0.05) is 23.0 Å². The van der Waals surface area contributed by atoms with Crippen molar-refractivity contribution in [3.63, 3.8) is 0 Å². The smallest absolute Gasteiger partial charge is 0.253 e. The Kier molecular flexibility index (Phi) is 5.75. The second-order valence-corrected chi connectivity index (χ2v) is 8.52. The van der Waals surface area contributed by atoms with Crippen molar-refractivity contribution in [3.05, 3.63) is 69.2 Å². The molecule has 0 aromatic heterocycles. The second-order valence-electron chi connectivity index (χ2n) is 7.68. The minimum Gasteiger partial charge on any atom is -0.506 e. The Balaban J connectivity index is 1.76. The molecule has 4 rings (SSSR count). The van der Waals surface area contributed by atoms with Gasteiger partial charge in [-0.15, -0.1) is 0 Å². The molecule has 29 heavy (non-hydrogen) atoms. The number of amides is 1. The lowest BCUT2D eigenvalue weighted by atomic mass is 9.76. The molecular formula is C23H24Cl2N2O2. The summed E-state index contributed by atoms with van der Waals surface area (Å²) >= 11 is 12.4. The van der Waals surface area contributed by atoms with E-state index in [1.807, 2.05) is 12.1 Å².